The van der Waals surface area contributed by atoms with E-state index in [2.05, 4.69) is 26.1 Å². The lowest BCUT2D eigenvalue weighted by Gasteiger charge is -1.96. The number of ether oxygens (including phenoxy) is 1. The first-order valence-corrected chi connectivity index (χ1v) is 5.48. The van der Waals surface area contributed by atoms with Crippen LogP contribution in [0.2, 0.25) is 0 Å². The molecule has 2 aliphatic rings. The van der Waals surface area contributed by atoms with Gasteiger partial charge in [0.25, 0.3) is 0 Å². The molecule has 2 fully saturated rings. The molecule has 1 aliphatic heterocycles. The standard InChI is InChI=1S/C8H9BrN2O2/c9-1-6-10-8(13-11-6)7-4-2-12-3-5(4)7/h4-5,7H,1-3H2. The SMILES string of the molecule is BrCc1noc(C2C3COCC32)n1. The Balaban J connectivity index is 1.79. The lowest BCUT2D eigenvalue weighted by atomic mass is 10.3. The highest BCUT2D eigenvalue weighted by atomic mass is 79.9. The fourth-order valence-corrected chi connectivity index (χ4v) is 2.29. The summed E-state index contributed by atoms with van der Waals surface area (Å²) in [6.07, 6.45) is 0. The third-order valence-electron chi connectivity index (χ3n) is 2.84. The first-order valence-electron chi connectivity index (χ1n) is 4.36. The Morgan fingerprint density at radius 3 is 2.77 bits per heavy atom. The fraction of sp³-hybridized carbons (Fsp3) is 0.750. The quantitative estimate of drug-likeness (QED) is 0.737. The van der Waals surface area contributed by atoms with Gasteiger partial charge in [-0.15, -0.1) is 0 Å². The maximum absolute atomic E-state index is 5.29. The summed E-state index contributed by atoms with van der Waals surface area (Å²) in [5.41, 5.74) is 0. The van der Waals surface area contributed by atoms with Gasteiger partial charge in [-0.1, -0.05) is 21.1 Å². The predicted octanol–water partition coefficient (Wildman–Crippen LogP) is 1.32. The van der Waals surface area contributed by atoms with E-state index in [1.807, 2.05) is 0 Å². The molecule has 5 heteroatoms. The second-order valence-corrected chi connectivity index (χ2v) is 4.13. The maximum atomic E-state index is 5.29. The summed E-state index contributed by atoms with van der Waals surface area (Å²) < 4.78 is 10.5. The van der Waals surface area contributed by atoms with Crippen molar-refractivity contribution in [1.29, 1.82) is 0 Å². The summed E-state index contributed by atoms with van der Waals surface area (Å²) >= 11 is 3.29. The van der Waals surface area contributed by atoms with Crippen molar-refractivity contribution in [3.63, 3.8) is 0 Å². The summed E-state index contributed by atoms with van der Waals surface area (Å²) in [4.78, 5) is 4.29. The molecule has 70 valence electrons. The zero-order valence-corrected chi connectivity index (χ0v) is 8.53. The number of alkyl halides is 1. The fourth-order valence-electron chi connectivity index (χ4n) is 2.06. The average molecular weight is 245 g/mol. The number of aromatic nitrogens is 2. The van der Waals surface area contributed by atoms with Crippen LogP contribution < -0.4 is 0 Å². The zero-order valence-electron chi connectivity index (χ0n) is 6.94. The van der Waals surface area contributed by atoms with Gasteiger partial charge in [-0.05, 0) is 11.8 Å². The van der Waals surface area contributed by atoms with Gasteiger partial charge in [0.05, 0.1) is 18.5 Å². The van der Waals surface area contributed by atoms with Gasteiger partial charge in [0.1, 0.15) is 0 Å². The van der Waals surface area contributed by atoms with E-state index in [0.29, 0.717) is 23.1 Å². The van der Waals surface area contributed by atoms with Crippen LogP contribution in [0, 0.1) is 11.8 Å². The van der Waals surface area contributed by atoms with Gasteiger partial charge in [-0.25, -0.2) is 0 Å². The topological polar surface area (TPSA) is 48.2 Å². The largest absolute Gasteiger partial charge is 0.381 e. The molecule has 1 saturated heterocycles. The summed E-state index contributed by atoms with van der Waals surface area (Å²) in [6.45, 7) is 1.72. The summed E-state index contributed by atoms with van der Waals surface area (Å²) in [7, 11) is 0. The van der Waals surface area contributed by atoms with E-state index in [0.717, 1.165) is 24.9 Å². The van der Waals surface area contributed by atoms with Crippen molar-refractivity contribution >= 4 is 15.9 Å². The Morgan fingerprint density at radius 2 is 2.15 bits per heavy atom. The van der Waals surface area contributed by atoms with E-state index in [9.17, 15) is 0 Å². The maximum Gasteiger partial charge on any atom is 0.230 e. The Bertz CT molecular complexity index is 318. The normalized spacial score (nSPS) is 36.2. The molecule has 2 heterocycles. The van der Waals surface area contributed by atoms with Crippen LogP contribution in [-0.4, -0.2) is 23.4 Å². The molecule has 1 saturated carbocycles. The second-order valence-electron chi connectivity index (χ2n) is 3.57. The number of hydrogen-bond acceptors (Lipinski definition) is 4. The third-order valence-corrected chi connectivity index (χ3v) is 3.34. The molecule has 0 N–H and O–H groups in total. The highest BCUT2D eigenvalue weighted by Crippen LogP contribution is 2.56. The molecule has 2 unspecified atom stereocenters. The summed E-state index contributed by atoms with van der Waals surface area (Å²) in [5, 5.41) is 4.51. The molecule has 2 atom stereocenters. The lowest BCUT2D eigenvalue weighted by Crippen LogP contribution is -1.97. The minimum absolute atomic E-state index is 0.481. The molecule has 1 aliphatic carbocycles. The van der Waals surface area contributed by atoms with Gasteiger partial charge in [-0.3, -0.25) is 0 Å². The Kier molecular flexibility index (Phi) is 1.70. The van der Waals surface area contributed by atoms with Gasteiger partial charge in [0, 0.05) is 5.92 Å². The predicted molar refractivity (Wildman–Crippen MR) is 47.5 cm³/mol. The molecule has 0 amide bonds. The third kappa shape index (κ3) is 1.14. The van der Waals surface area contributed by atoms with Crippen molar-refractivity contribution in [2.45, 2.75) is 11.2 Å². The van der Waals surface area contributed by atoms with Gasteiger partial charge in [0.2, 0.25) is 5.89 Å². The summed E-state index contributed by atoms with van der Waals surface area (Å²) in [6, 6.07) is 0. The van der Waals surface area contributed by atoms with Crippen LogP contribution >= 0.6 is 15.9 Å². The Hall–Kier alpha value is -0.420. The molecule has 4 nitrogen and oxygen atoms in total. The molecule has 1 aromatic rings. The van der Waals surface area contributed by atoms with Crippen LogP contribution in [0.5, 0.6) is 0 Å². The zero-order chi connectivity index (χ0) is 8.84. The molecule has 3 rings (SSSR count). The molecule has 0 aromatic carbocycles. The second kappa shape index (κ2) is 2.78. The number of rotatable bonds is 2. The van der Waals surface area contributed by atoms with Gasteiger partial charge >= 0.3 is 0 Å². The monoisotopic (exact) mass is 244 g/mol. The molecule has 0 radical (unpaired) electrons. The first-order chi connectivity index (χ1) is 6.40. The minimum atomic E-state index is 0.481. The minimum Gasteiger partial charge on any atom is -0.381 e. The molecule has 1 aromatic heterocycles. The average Bonchev–Trinajstić information content (AvgIpc) is 2.65. The van der Waals surface area contributed by atoms with Crippen LogP contribution in [0.4, 0.5) is 0 Å². The van der Waals surface area contributed by atoms with Crippen LogP contribution in [0.25, 0.3) is 0 Å². The van der Waals surface area contributed by atoms with E-state index in [1.54, 1.807) is 0 Å². The Labute approximate surface area is 83.8 Å². The van der Waals surface area contributed by atoms with Crippen molar-refractivity contribution in [3.8, 4) is 0 Å². The smallest absolute Gasteiger partial charge is 0.230 e. The van der Waals surface area contributed by atoms with Gasteiger partial charge in [-0.2, -0.15) is 4.98 Å². The highest BCUT2D eigenvalue weighted by molar-refractivity contribution is 9.08. The van der Waals surface area contributed by atoms with Crippen molar-refractivity contribution < 1.29 is 9.26 Å². The lowest BCUT2D eigenvalue weighted by molar-refractivity contribution is 0.155. The van der Waals surface area contributed by atoms with Crippen molar-refractivity contribution in [2.75, 3.05) is 13.2 Å². The van der Waals surface area contributed by atoms with Crippen LogP contribution in [0.1, 0.15) is 17.6 Å². The molecular weight excluding hydrogens is 236 g/mol. The van der Waals surface area contributed by atoms with Crippen molar-refractivity contribution in [1.82, 2.24) is 10.1 Å². The number of hydrogen-bond donors (Lipinski definition) is 0. The van der Waals surface area contributed by atoms with E-state index in [1.165, 1.54) is 0 Å². The number of halogens is 1. The van der Waals surface area contributed by atoms with Gasteiger partial charge in [0.15, 0.2) is 5.82 Å². The first kappa shape index (κ1) is 7.94. The highest BCUT2D eigenvalue weighted by Gasteiger charge is 2.57. The van der Waals surface area contributed by atoms with E-state index < -0.39 is 0 Å². The molecular formula is C8H9BrN2O2. The summed E-state index contributed by atoms with van der Waals surface area (Å²) in [5.74, 6) is 3.30. The Morgan fingerprint density at radius 1 is 1.38 bits per heavy atom. The number of nitrogens with zero attached hydrogens (tertiary/aromatic N) is 2. The van der Waals surface area contributed by atoms with Gasteiger partial charge < -0.3 is 9.26 Å². The molecule has 0 spiro atoms. The van der Waals surface area contributed by atoms with Crippen LogP contribution in [0.15, 0.2) is 4.52 Å². The van der Waals surface area contributed by atoms with E-state index >= 15 is 0 Å². The van der Waals surface area contributed by atoms with Crippen LogP contribution in [0.3, 0.4) is 0 Å². The van der Waals surface area contributed by atoms with Crippen molar-refractivity contribution in [2.24, 2.45) is 11.8 Å². The van der Waals surface area contributed by atoms with E-state index in [-0.39, 0.29) is 0 Å². The van der Waals surface area contributed by atoms with Crippen LogP contribution in [-0.2, 0) is 10.1 Å². The molecule has 0 bridgehead atoms. The number of fused-ring (bicyclic) bond motifs is 1. The molecule has 13 heavy (non-hydrogen) atoms. The van der Waals surface area contributed by atoms with Crippen molar-refractivity contribution in [3.05, 3.63) is 11.7 Å². The van der Waals surface area contributed by atoms with E-state index in [4.69, 9.17) is 9.26 Å².